The molecule has 0 spiro atoms. The largest absolute Gasteiger partial charge is 0.289 e. The van der Waals surface area contributed by atoms with Crippen LogP contribution in [0.1, 0.15) is 18.0 Å². The van der Waals surface area contributed by atoms with Crippen LogP contribution in [0, 0.1) is 0 Å². The molecular weight excluding hydrogens is 172 g/mol. The first-order valence-electron chi connectivity index (χ1n) is 5.45. The molecule has 2 saturated heterocycles. The minimum absolute atomic E-state index is 0.652. The van der Waals surface area contributed by atoms with Crippen molar-refractivity contribution >= 4 is 0 Å². The third-order valence-electron chi connectivity index (χ3n) is 3.36. The number of hydrogen-bond acceptors (Lipinski definition) is 2. The second-order valence-corrected chi connectivity index (χ2v) is 4.31. The Morgan fingerprint density at radius 2 is 1.93 bits per heavy atom. The van der Waals surface area contributed by atoms with Gasteiger partial charge in [-0.3, -0.25) is 9.80 Å². The quantitative estimate of drug-likeness (QED) is 0.662. The van der Waals surface area contributed by atoms with E-state index in [1.165, 1.54) is 38.3 Å². The smallest absolute Gasteiger partial charge is 0.0513 e. The Bertz CT molecular complexity index is 309. The highest BCUT2D eigenvalue weighted by atomic mass is 15.4. The highest BCUT2D eigenvalue weighted by Crippen LogP contribution is 2.30. The van der Waals surface area contributed by atoms with Crippen molar-refractivity contribution in [2.24, 2.45) is 0 Å². The van der Waals surface area contributed by atoms with Crippen molar-refractivity contribution in [1.29, 1.82) is 0 Å². The molecule has 0 radical (unpaired) electrons. The molecule has 74 valence electrons. The Kier molecular flexibility index (Phi) is 2.03. The van der Waals surface area contributed by atoms with Crippen LogP contribution in [0.3, 0.4) is 0 Å². The predicted octanol–water partition coefficient (Wildman–Crippen LogP) is 1.71. The average Bonchev–Trinajstić information content (AvgIpc) is 2.55. The van der Waals surface area contributed by atoms with E-state index in [0.29, 0.717) is 6.04 Å². The van der Waals surface area contributed by atoms with Gasteiger partial charge in [0.05, 0.1) is 6.67 Å². The van der Waals surface area contributed by atoms with E-state index in [4.69, 9.17) is 0 Å². The lowest BCUT2D eigenvalue weighted by Gasteiger charge is -2.26. The lowest BCUT2D eigenvalue weighted by atomic mass is 10.1. The fourth-order valence-electron chi connectivity index (χ4n) is 2.65. The maximum Gasteiger partial charge on any atom is 0.0513 e. The van der Waals surface area contributed by atoms with Crippen molar-refractivity contribution in [2.75, 3.05) is 26.3 Å². The van der Waals surface area contributed by atoms with E-state index in [9.17, 15) is 0 Å². The molecule has 1 aromatic rings. The summed E-state index contributed by atoms with van der Waals surface area (Å²) >= 11 is 0. The molecule has 0 aromatic heterocycles. The summed E-state index contributed by atoms with van der Waals surface area (Å²) in [5.41, 5.74) is 1.48. The number of rotatable bonds is 1. The van der Waals surface area contributed by atoms with Crippen LogP contribution in [-0.2, 0) is 0 Å². The third-order valence-corrected chi connectivity index (χ3v) is 3.36. The predicted molar refractivity (Wildman–Crippen MR) is 56.9 cm³/mol. The molecule has 3 unspecified atom stereocenters. The van der Waals surface area contributed by atoms with Crippen LogP contribution in [-0.4, -0.2) is 36.1 Å². The van der Waals surface area contributed by atoms with Gasteiger partial charge in [-0.2, -0.15) is 0 Å². The van der Waals surface area contributed by atoms with Crippen molar-refractivity contribution < 1.29 is 0 Å². The molecule has 0 N–H and O–H groups in total. The lowest BCUT2D eigenvalue weighted by Crippen LogP contribution is -2.34. The Morgan fingerprint density at radius 3 is 2.71 bits per heavy atom. The highest BCUT2D eigenvalue weighted by molar-refractivity contribution is 5.20. The number of nitrogens with zero attached hydrogens (tertiary/aromatic N) is 2. The second-order valence-electron chi connectivity index (χ2n) is 4.31. The second kappa shape index (κ2) is 3.37. The van der Waals surface area contributed by atoms with E-state index in [0.717, 1.165) is 0 Å². The first-order chi connectivity index (χ1) is 6.93. The van der Waals surface area contributed by atoms with Gasteiger partial charge in [-0.1, -0.05) is 30.3 Å². The Hall–Kier alpha value is -0.860. The molecule has 2 heteroatoms. The molecule has 3 rings (SSSR count). The van der Waals surface area contributed by atoms with Gasteiger partial charge in [-0.15, -0.1) is 0 Å². The average molecular weight is 188 g/mol. The molecule has 2 fully saturated rings. The summed E-state index contributed by atoms with van der Waals surface area (Å²) in [6.45, 7) is 4.97. The van der Waals surface area contributed by atoms with E-state index in [1.807, 2.05) is 0 Å². The van der Waals surface area contributed by atoms with Crippen LogP contribution in [0.4, 0.5) is 0 Å². The third kappa shape index (κ3) is 1.35. The summed E-state index contributed by atoms with van der Waals surface area (Å²) in [7, 11) is 0. The van der Waals surface area contributed by atoms with Crippen LogP contribution in [0.5, 0.6) is 0 Å². The molecular formula is C12H16N2. The fraction of sp³-hybridized carbons (Fsp3) is 0.500. The van der Waals surface area contributed by atoms with Gasteiger partial charge in [0.25, 0.3) is 0 Å². The Morgan fingerprint density at radius 1 is 1.07 bits per heavy atom. The Labute approximate surface area is 85.1 Å². The molecule has 3 atom stereocenters. The summed E-state index contributed by atoms with van der Waals surface area (Å²) in [5.74, 6) is 0. The zero-order chi connectivity index (χ0) is 9.38. The first-order valence-corrected chi connectivity index (χ1v) is 5.45. The van der Waals surface area contributed by atoms with Gasteiger partial charge < -0.3 is 0 Å². The highest BCUT2D eigenvalue weighted by Gasteiger charge is 2.33. The standard InChI is InChI=1S/C12H16N2/c1-2-5-11(6-3-1)12-9-13-7-4-8-14(12)10-13/h1-3,5-6,12H,4,7-10H2. The maximum atomic E-state index is 2.60. The molecule has 1 aromatic carbocycles. The summed E-state index contributed by atoms with van der Waals surface area (Å²) in [5, 5.41) is 0. The number of fused-ring (bicyclic) bond motifs is 2. The van der Waals surface area contributed by atoms with E-state index in [2.05, 4.69) is 40.1 Å². The molecule has 2 aliphatic rings. The minimum atomic E-state index is 0.652. The summed E-state index contributed by atoms with van der Waals surface area (Å²) < 4.78 is 0. The van der Waals surface area contributed by atoms with Gasteiger partial charge >= 0.3 is 0 Å². The normalized spacial score (nSPS) is 35.9. The van der Waals surface area contributed by atoms with Crippen molar-refractivity contribution in [3.05, 3.63) is 35.9 Å². The van der Waals surface area contributed by atoms with E-state index < -0.39 is 0 Å². The van der Waals surface area contributed by atoms with Crippen LogP contribution >= 0.6 is 0 Å². The zero-order valence-electron chi connectivity index (χ0n) is 8.39. The lowest BCUT2D eigenvalue weighted by molar-refractivity contribution is 0.173. The van der Waals surface area contributed by atoms with Crippen molar-refractivity contribution in [1.82, 2.24) is 9.80 Å². The summed E-state index contributed by atoms with van der Waals surface area (Å²) in [6.07, 6.45) is 1.34. The van der Waals surface area contributed by atoms with Gasteiger partial charge in [0.1, 0.15) is 0 Å². The molecule has 2 heterocycles. The van der Waals surface area contributed by atoms with Crippen molar-refractivity contribution in [3.8, 4) is 0 Å². The van der Waals surface area contributed by atoms with Crippen LogP contribution in [0.15, 0.2) is 30.3 Å². The van der Waals surface area contributed by atoms with Gasteiger partial charge in [0.15, 0.2) is 0 Å². The fourth-order valence-corrected chi connectivity index (χ4v) is 2.65. The topological polar surface area (TPSA) is 6.48 Å². The van der Waals surface area contributed by atoms with Crippen LogP contribution < -0.4 is 0 Å². The van der Waals surface area contributed by atoms with E-state index in [1.54, 1.807) is 0 Å². The molecule has 2 nitrogen and oxygen atoms in total. The molecule has 2 aliphatic heterocycles. The molecule has 0 saturated carbocycles. The van der Waals surface area contributed by atoms with Crippen LogP contribution in [0.2, 0.25) is 0 Å². The Balaban J connectivity index is 1.86. The SMILES string of the molecule is c1ccc(C2CN3CCCN2C3)cc1. The number of hydrogen-bond donors (Lipinski definition) is 0. The van der Waals surface area contributed by atoms with Crippen LogP contribution in [0.25, 0.3) is 0 Å². The molecule has 14 heavy (non-hydrogen) atoms. The van der Waals surface area contributed by atoms with Gasteiger partial charge in [0, 0.05) is 25.7 Å². The van der Waals surface area contributed by atoms with Crippen molar-refractivity contribution in [2.45, 2.75) is 12.5 Å². The monoisotopic (exact) mass is 188 g/mol. The first kappa shape index (κ1) is 8.45. The van der Waals surface area contributed by atoms with Crippen molar-refractivity contribution in [3.63, 3.8) is 0 Å². The van der Waals surface area contributed by atoms with Gasteiger partial charge in [-0.05, 0) is 12.0 Å². The maximum absolute atomic E-state index is 2.60. The van der Waals surface area contributed by atoms with Gasteiger partial charge in [-0.25, -0.2) is 0 Å². The van der Waals surface area contributed by atoms with Gasteiger partial charge in [0.2, 0.25) is 0 Å². The molecule has 0 aliphatic carbocycles. The molecule has 0 amide bonds. The summed E-state index contributed by atoms with van der Waals surface area (Å²) in [4.78, 5) is 5.15. The van der Waals surface area contributed by atoms with E-state index >= 15 is 0 Å². The molecule has 2 bridgehead atoms. The minimum Gasteiger partial charge on any atom is -0.289 e. The van der Waals surface area contributed by atoms with E-state index in [-0.39, 0.29) is 0 Å². The number of benzene rings is 1. The summed E-state index contributed by atoms with van der Waals surface area (Å²) in [6, 6.07) is 11.6. The zero-order valence-corrected chi connectivity index (χ0v) is 8.39.